The lowest BCUT2D eigenvalue weighted by molar-refractivity contribution is 0.767. The highest BCUT2D eigenvalue weighted by Gasteiger charge is 2.08. The molecule has 80 valence electrons. The molecule has 0 bridgehead atoms. The van der Waals surface area contributed by atoms with Gasteiger partial charge in [0.15, 0.2) is 0 Å². The smallest absolute Gasteiger partial charge is 0.146 e. The summed E-state index contributed by atoms with van der Waals surface area (Å²) in [5, 5.41) is 22.5. The van der Waals surface area contributed by atoms with E-state index in [0.29, 0.717) is 11.3 Å². The van der Waals surface area contributed by atoms with Gasteiger partial charge in [0, 0.05) is 12.4 Å². The van der Waals surface area contributed by atoms with Crippen LogP contribution >= 0.6 is 0 Å². The summed E-state index contributed by atoms with van der Waals surface area (Å²) in [4.78, 5) is 0. The maximum atomic E-state index is 8.88. The molecule has 1 heterocycles. The van der Waals surface area contributed by atoms with E-state index < -0.39 is 0 Å². The Bertz CT molecular complexity index is 581. The van der Waals surface area contributed by atoms with Gasteiger partial charge in [-0.25, -0.2) is 0 Å². The molecule has 4 heteroatoms. The number of hydrogen-bond donors (Lipinski definition) is 0. The van der Waals surface area contributed by atoms with Crippen molar-refractivity contribution in [2.45, 2.75) is 13.8 Å². The second-order valence-corrected chi connectivity index (χ2v) is 2.93. The van der Waals surface area contributed by atoms with E-state index in [2.05, 4.69) is 11.2 Å². The molecular formula is C12H12N4. The average Bonchev–Trinajstić information content (AvgIpc) is 2.65. The van der Waals surface area contributed by atoms with Gasteiger partial charge in [-0.15, -0.1) is 0 Å². The number of aromatic nitrogens is 2. The summed E-state index contributed by atoms with van der Waals surface area (Å²) in [6.07, 6.45) is 0. The van der Waals surface area contributed by atoms with Crippen LogP contribution in [0.4, 0.5) is 0 Å². The van der Waals surface area contributed by atoms with Crippen molar-refractivity contribution in [2.75, 3.05) is 0 Å². The van der Waals surface area contributed by atoms with Crippen LogP contribution in [0.2, 0.25) is 0 Å². The summed E-state index contributed by atoms with van der Waals surface area (Å²) in [6, 6.07) is 9.21. The maximum absolute atomic E-state index is 8.88. The Balaban J connectivity index is 0.000000606. The third-order valence-electron chi connectivity index (χ3n) is 2.07. The van der Waals surface area contributed by atoms with Crippen LogP contribution in [-0.4, -0.2) is 9.78 Å². The van der Waals surface area contributed by atoms with Crippen LogP contribution in [0.1, 0.15) is 25.1 Å². The van der Waals surface area contributed by atoms with Crippen LogP contribution in [0.15, 0.2) is 18.2 Å². The van der Waals surface area contributed by atoms with Crippen LogP contribution in [0.3, 0.4) is 0 Å². The van der Waals surface area contributed by atoms with Gasteiger partial charge < -0.3 is 0 Å². The first-order valence-electron chi connectivity index (χ1n) is 5.03. The molecule has 0 N–H and O–H groups in total. The van der Waals surface area contributed by atoms with Gasteiger partial charge in [0.2, 0.25) is 0 Å². The highest BCUT2D eigenvalue weighted by atomic mass is 15.3. The highest BCUT2D eigenvalue weighted by molar-refractivity contribution is 5.85. The van der Waals surface area contributed by atoms with E-state index in [0.717, 1.165) is 10.9 Å². The van der Waals surface area contributed by atoms with Gasteiger partial charge in [-0.2, -0.15) is 15.6 Å². The Morgan fingerprint density at radius 2 is 1.88 bits per heavy atom. The predicted octanol–water partition coefficient (Wildman–Crippen LogP) is 2.34. The Morgan fingerprint density at radius 3 is 2.44 bits per heavy atom. The van der Waals surface area contributed by atoms with E-state index >= 15 is 0 Å². The number of rotatable bonds is 0. The van der Waals surface area contributed by atoms with Crippen molar-refractivity contribution in [3.8, 4) is 12.1 Å². The quantitative estimate of drug-likeness (QED) is 0.673. The Hall–Kier alpha value is -2.33. The number of benzene rings is 1. The summed E-state index contributed by atoms with van der Waals surface area (Å²) >= 11 is 0. The van der Waals surface area contributed by atoms with E-state index in [9.17, 15) is 0 Å². The van der Waals surface area contributed by atoms with E-state index in [1.165, 1.54) is 4.68 Å². The molecule has 0 unspecified atom stereocenters. The molecule has 2 aromatic rings. The first-order chi connectivity index (χ1) is 7.76. The van der Waals surface area contributed by atoms with Gasteiger partial charge in [-0.05, 0) is 18.2 Å². The van der Waals surface area contributed by atoms with Gasteiger partial charge in [0.05, 0.1) is 17.1 Å². The second-order valence-electron chi connectivity index (χ2n) is 2.93. The molecule has 0 spiro atoms. The van der Waals surface area contributed by atoms with Gasteiger partial charge >= 0.3 is 0 Å². The number of nitrogens with zero attached hydrogens (tertiary/aromatic N) is 4. The molecule has 0 aliphatic rings. The standard InChI is InChI=1S/C10H6N4.C2H6/c1-14-10(6-12)8-4-7(5-11)2-3-9(8)13-14;1-2/h2-4H,1H3;1-2H3. The minimum Gasteiger partial charge on any atom is -0.257 e. The van der Waals surface area contributed by atoms with E-state index in [-0.39, 0.29) is 0 Å². The fourth-order valence-electron chi connectivity index (χ4n) is 1.40. The number of fused-ring (bicyclic) bond motifs is 1. The van der Waals surface area contributed by atoms with Crippen molar-refractivity contribution in [1.29, 1.82) is 10.5 Å². The van der Waals surface area contributed by atoms with Gasteiger partial charge in [0.1, 0.15) is 11.8 Å². The minimum atomic E-state index is 0.483. The van der Waals surface area contributed by atoms with Crippen molar-refractivity contribution in [3.05, 3.63) is 29.5 Å². The minimum absolute atomic E-state index is 0.483. The van der Waals surface area contributed by atoms with Crippen LogP contribution < -0.4 is 0 Å². The van der Waals surface area contributed by atoms with Crippen LogP contribution in [0.25, 0.3) is 10.9 Å². The van der Waals surface area contributed by atoms with E-state index in [4.69, 9.17) is 10.5 Å². The van der Waals surface area contributed by atoms with Crippen LogP contribution in [-0.2, 0) is 7.05 Å². The van der Waals surface area contributed by atoms with E-state index in [1.807, 2.05) is 19.9 Å². The van der Waals surface area contributed by atoms with Crippen LogP contribution in [0, 0.1) is 22.7 Å². The number of hydrogen-bond acceptors (Lipinski definition) is 3. The topological polar surface area (TPSA) is 65.4 Å². The Labute approximate surface area is 94.3 Å². The van der Waals surface area contributed by atoms with Crippen molar-refractivity contribution in [3.63, 3.8) is 0 Å². The molecule has 1 aromatic carbocycles. The lowest BCUT2D eigenvalue weighted by Gasteiger charge is -1.89. The summed E-state index contributed by atoms with van der Waals surface area (Å²) < 4.78 is 1.52. The van der Waals surface area contributed by atoms with Crippen molar-refractivity contribution < 1.29 is 0 Å². The zero-order valence-corrected chi connectivity index (χ0v) is 9.52. The molecule has 2 rings (SSSR count). The first-order valence-corrected chi connectivity index (χ1v) is 5.03. The summed E-state index contributed by atoms with van der Waals surface area (Å²) in [6.45, 7) is 4.00. The average molecular weight is 212 g/mol. The summed E-state index contributed by atoms with van der Waals surface area (Å²) in [5.74, 6) is 0. The fourth-order valence-corrected chi connectivity index (χ4v) is 1.40. The first kappa shape index (κ1) is 11.7. The van der Waals surface area contributed by atoms with Crippen molar-refractivity contribution in [2.24, 2.45) is 7.05 Å². The SMILES string of the molecule is CC.Cn1nc2ccc(C#N)cc2c1C#N. The van der Waals surface area contributed by atoms with Crippen molar-refractivity contribution in [1.82, 2.24) is 9.78 Å². The van der Waals surface area contributed by atoms with Crippen LogP contribution in [0.5, 0.6) is 0 Å². The molecule has 1 aromatic heterocycles. The van der Waals surface area contributed by atoms with E-state index in [1.54, 1.807) is 25.2 Å². The second kappa shape index (κ2) is 4.95. The largest absolute Gasteiger partial charge is 0.257 e. The molecule has 0 aliphatic carbocycles. The van der Waals surface area contributed by atoms with Gasteiger partial charge in [-0.1, -0.05) is 13.8 Å². The third kappa shape index (κ3) is 1.87. The number of nitriles is 2. The monoisotopic (exact) mass is 212 g/mol. The zero-order valence-electron chi connectivity index (χ0n) is 9.52. The highest BCUT2D eigenvalue weighted by Crippen LogP contribution is 2.18. The summed E-state index contributed by atoms with van der Waals surface area (Å²) in [7, 11) is 1.71. The molecule has 0 saturated carbocycles. The fraction of sp³-hybridized carbons (Fsp3) is 0.250. The molecular weight excluding hydrogens is 200 g/mol. The number of aryl methyl sites for hydroxylation is 1. The zero-order chi connectivity index (χ0) is 12.1. The normalized spacial score (nSPS) is 8.81. The predicted molar refractivity (Wildman–Crippen MR) is 61.5 cm³/mol. The molecule has 0 radical (unpaired) electrons. The lowest BCUT2D eigenvalue weighted by Crippen LogP contribution is -1.92. The molecule has 0 saturated heterocycles. The lowest BCUT2D eigenvalue weighted by atomic mass is 10.1. The Kier molecular flexibility index (Phi) is 3.63. The molecule has 4 nitrogen and oxygen atoms in total. The third-order valence-corrected chi connectivity index (χ3v) is 2.07. The molecule has 0 aliphatic heterocycles. The maximum Gasteiger partial charge on any atom is 0.146 e. The van der Waals surface area contributed by atoms with Crippen molar-refractivity contribution >= 4 is 10.9 Å². The molecule has 0 atom stereocenters. The molecule has 0 fully saturated rings. The molecule has 0 amide bonds. The molecule has 16 heavy (non-hydrogen) atoms. The van der Waals surface area contributed by atoms with Gasteiger partial charge in [-0.3, -0.25) is 4.68 Å². The van der Waals surface area contributed by atoms with Gasteiger partial charge in [0.25, 0.3) is 0 Å². The summed E-state index contributed by atoms with van der Waals surface area (Å²) in [5.41, 5.74) is 1.77. The Morgan fingerprint density at radius 1 is 1.19 bits per heavy atom.